The van der Waals surface area contributed by atoms with Crippen LogP contribution in [0.1, 0.15) is 33.1 Å². The van der Waals surface area contributed by atoms with Crippen LogP contribution in [-0.4, -0.2) is 64.7 Å². The van der Waals surface area contributed by atoms with Crippen molar-refractivity contribution in [2.75, 3.05) is 38.6 Å². The van der Waals surface area contributed by atoms with Crippen LogP contribution in [0.2, 0.25) is 0 Å². The fourth-order valence-electron chi connectivity index (χ4n) is 3.98. The van der Waals surface area contributed by atoms with Gasteiger partial charge in [0.15, 0.2) is 5.82 Å². The third kappa shape index (κ3) is 5.92. The van der Waals surface area contributed by atoms with Gasteiger partial charge in [0, 0.05) is 42.7 Å². The fraction of sp³-hybridized carbons (Fsp3) is 0.458. The van der Waals surface area contributed by atoms with Crippen LogP contribution in [0.3, 0.4) is 0 Å². The monoisotopic (exact) mass is 452 g/mol. The number of ether oxygens (including phenoxy) is 2. The zero-order chi connectivity index (χ0) is 23.2. The van der Waals surface area contributed by atoms with Gasteiger partial charge in [0.2, 0.25) is 5.88 Å². The number of imidazole rings is 1. The average Bonchev–Trinajstić information content (AvgIpc) is 3.20. The minimum atomic E-state index is -0.248. The molecule has 0 bridgehead atoms. The van der Waals surface area contributed by atoms with Crippen molar-refractivity contribution in [2.45, 2.75) is 39.2 Å². The third-order valence-electron chi connectivity index (χ3n) is 5.58. The number of amides is 2. The van der Waals surface area contributed by atoms with E-state index in [9.17, 15) is 4.79 Å². The normalized spacial score (nSPS) is 14.4. The Kier molecular flexibility index (Phi) is 7.29. The number of nitrogens with one attached hydrogen (secondary N) is 2. The third-order valence-corrected chi connectivity index (χ3v) is 5.58. The first-order chi connectivity index (χ1) is 16.0. The van der Waals surface area contributed by atoms with E-state index in [-0.39, 0.29) is 12.1 Å². The van der Waals surface area contributed by atoms with Crippen molar-refractivity contribution in [3.05, 3.63) is 36.8 Å². The Labute approximate surface area is 194 Å². The van der Waals surface area contributed by atoms with E-state index in [1.165, 1.54) is 19.3 Å². The highest BCUT2D eigenvalue weighted by Gasteiger charge is 2.14. The summed E-state index contributed by atoms with van der Waals surface area (Å²) in [5.41, 5.74) is 2.50. The molecule has 1 aliphatic heterocycles. The van der Waals surface area contributed by atoms with Crippen LogP contribution in [0.15, 0.2) is 36.8 Å². The van der Waals surface area contributed by atoms with Crippen LogP contribution in [-0.2, 0) is 0 Å². The average molecular weight is 453 g/mol. The number of hydrogen-bond donors (Lipinski definition) is 2. The predicted molar refractivity (Wildman–Crippen MR) is 128 cm³/mol. The van der Waals surface area contributed by atoms with Gasteiger partial charge in [0.05, 0.1) is 19.4 Å². The van der Waals surface area contributed by atoms with E-state index in [4.69, 9.17) is 9.47 Å². The van der Waals surface area contributed by atoms with Gasteiger partial charge in [-0.3, -0.25) is 5.32 Å². The summed E-state index contributed by atoms with van der Waals surface area (Å²) in [6, 6.07) is 5.40. The minimum Gasteiger partial charge on any atom is -0.490 e. The van der Waals surface area contributed by atoms with Crippen molar-refractivity contribution >= 4 is 17.5 Å². The topological polar surface area (TPSA) is 93.0 Å². The molecule has 1 fully saturated rings. The van der Waals surface area contributed by atoms with E-state index in [2.05, 4.69) is 25.5 Å². The Balaban J connectivity index is 1.43. The molecule has 3 aromatic rings. The summed E-state index contributed by atoms with van der Waals surface area (Å²) in [5, 5.41) is 5.75. The molecule has 2 amide bonds. The molecule has 1 aliphatic rings. The minimum absolute atomic E-state index is 0.0112. The molecule has 4 heterocycles. The lowest BCUT2D eigenvalue weighted by Gasteiger charge is -2.26. The van der Waals surface area contributed by atoms with Crippen molar-refractivity contribution in [2.24, 2.45) is 0 Å². The second kappa shape index (κ2) is 10.5. The van der Waals surface area contributed by atoms with E-state index in [0.717, 1.165) is 36.4 Å². The van der Waals surface area contributed by atoms with E-state index in [0.29, 0.717) is 24.0 Å². The number of fused-ring (bicyclic) bond motifs is 1. The molecule has 4 rings (SSSR count). The number of likely N-dealkylation sites (tertiary alicyclic amines) is 1. The van der Waals surface area contributed by atoms with Gasteiger partial charge in [-0.05, 0) is 51.9 Å². The standard InChI is InChI=1S/C24H32N6O3/c1-17(2)33-20-13-23(32-3)26-14-19(20)18-7-8-22-27-21(16-30(22)15-18)28-24(31)25-9-12-29-10-5-4-6-11-29/h7-8,13-17H,4-6,9-12H2,1-3H3,(H2,25,28,31). The smallest absolute Gasteiger partial charge is 0.320 e. The number of methoxy groups -OCH3 is 1. The molecule has 0 saturated carbocycles. The highest BCUT2D eigenvalue weighted by atomic mass is 16.5. The summed E-state index contributed by atoms with van der Waals surface area (Å²) >= 11 is 0. The van der Waals surface area contributed by atoms with Crippen molar-refractivity contribution < 1.29 is 14.3 Å². The van der Waals surface area contributed by atoms with E-state index in [1.807, 2.05) is 36.6 Å². The van der Waals surface area contributed by atoms with Crippen LogP contribution < -0.4 is 20.1 Å². The molecule has 0 radical (unpaired) electrons. The Bertz CT molecular complexity index is 1090. The molecule has 0 unspecified atom stereocenters. The summed E-state index contributed by atoms with van der Waals surface area (Å²) in [5.74, 6) is 1.69. The molecule has 0 atom stereocenters. The molecule has 0 aromatic carbocycles. The van der Waals surface area contributed by atoms with Crippen LogP contribution in [0.5, 0.6) is 11.6 Å². The molecule has 1 saturated heterocycles. The Morgan fingerprint density at radius 2 is 2.00 bits per heavy atom. The number of anilines is 1. The second-order valence-corrected chi connectivity index (χ2v) is 8.48. The fourth-order valence-corrected chi connectivity index (χ4v) is 3.98. The van der Waals surface area contributed by atoms with Gasteiger partial charge in [-0.2, -0.15) is 0 Å². The van der Waals surface area contributed by atoms with Gasteiger partial charge < -0.3 is 24.1 Å². The van der Waals surface area contributed by atoms with Gasteiger partial charge >= 0.3 is 6.03 Å². The van der Waals surface area contributed by atoms with Crippen LogP contribution in [0.25, 0.3) is 16.8 Å². The number of rotatable bonds is 8. The van der Waals surface area contributed by atoms with Crippen molar-refractivity contribution in [3.8, 4) is 22.8 Å². The zero-order valence-electron chi connectivity index (χ0n) is 19.5. The quantitative estimate of drug-likeness (QED) is 0.540. The zero-order valence-corrected chi connectivity index (χ0v) is 19.5. The van der Waals surface area contributed by atoms with Crippen molar-refractivity contribution in [1.29, 1.82) is 0 Å². The van der Waals surface area contributed by atoms with Crippen molar-refractivity contribution in [3.63, 3.8) is 0 Å². The lowest BCUT2D eigenvalue weighted by Crippen LogP contribution is -2.39. The maximum Gasteiger partial charge on any atom is 0.320 e. The summed E-state index contributed by atoms with van der Waals surface area (Å²) in [7, 11) is 1.58. The Morgan fingerprint density at radius 3 is 2.76 bits per heavy atom. The summed E-state index contributed by atoms with van der Waals surface area (Å²) in [6.07, 6.45) is 9.28. The van der Waals surface area contributed by atoms with Crippen LogP contribution in [0, 0.1) is 0 Å². The molecular weight excluding hydrogens is 420 g/mol. The second-order valence-electron chi connectivity index (χ2n) is 8.48. The number of urea groups is 1. The van der Waals surface area contributed by atoms with Gasteiger partial charge in [0.25, 0.3) is 0 Å². The van der Waals surface area contributed by atoms with E-state index < -0.39 is 0 Å². The van der Waals surface area contributed by atoms with Gasteiger partial charge in [-0.15, -0.1) is 0 Å². The molecule has 3 aromatic heterocycles. The van der Waals surface area contributed by atoms with Gasteiger partial charge in [-0.25, -0.2) is 14.8 Å². The summed E-state index contributed by atoms with van der Waals surface area (Å²) in [4.78, 5) is 23.5. The Morgan fingerprint density at radius 1 is 1.18 bits per heavy atom. The van der Waals surface area contributed by atoms with Crippen LogP contribution >= 0.6 is 0 Å². The molecule has 33 heavy (non-hydrogen) atoms. The van der Waals surface area contributed by atoms with Crippen LogP contribution in [0.4, 0.5) is 10.6 Å². The predicted octanol–water partition coefficient (Wildman–Crippen LogP) is 3.80. The SMILES string of the molecule is COc1cc(OC(C)C)c(-c2ccc3nc(NC(=O)NCCN4CCCCC4)cn3c2)cn1. The highest BCUT2D eigenvalue weighted by Crippen LogP contribution is 2.33. The lowest BCUT2D eigenvalue weighted by atomic mass is 10.1. The van der Waals surface area contributed by atoms with E-state index in [1.54, 1.807) is 25.6 Å². The Hall–Kier alpha value is -3.33. The van der Waals surface area contributed by atoms with Gasteiger partial charge in [-0.1, -0.05) is 6.42 Å². The molecule has 9 nitrogen and oxygen atoms in total. The maximum atomic E-state index is 12.3. The molecule has 9 heteroatoms. The molecular formula is C24H32N6O3. The highest BCUT2D eigenvalue weighted by molar-refractivity contribution is 5.88. The number of hydrogen-bond acceptors (Lipinski definition) is 6. The number of carbonyl (C=O) groups excluding carboxylic acids is 1. The molecule has 0 aliphatic carbocycles. The molecule has 0 spiro atoms. The first kappa shape index (κ1) is 22.8. The van der Waals surface area contributed by atoms with Crippen molar-refractivity contribution in [1.82, 2.24) is 24.6 Å². The molecule has 176 valence electrons. The first-order valence-electron chi connectivity index (χ1n) is 11.5. The number of aromatic nitrogens is 3. The summed E-state index contributed by atoms with van der Waals surface area (Å²) in [6.45, 7) is 7.68. The molecule has 2 N–H and O–H groups in total. The number of pyridine rings is 2. The number of nitrogens with zero attached hydrogens (tertiary/aromatic N) is 4. The lowest BCUT2D eigenvalue weighted by molar-refractivity contribution is 0.224. The largest absolute Gasteiger partial charge is 0.490 e. The number of carbonyl (C=O) groups is 1. The maximum absolute atomic E-state index is 12.3. The van der Waals surface area contributed by atoms with E-state index >= 15 is 0 Å². The first-order valence-corrected chi connectivity index (χ1v) is 11.5. The summed E-state index contributed by atoms with van der Waals surface area (Å²) < 4.78 is 13.1. The van der Waals surface area contributed by atoms with Gasteiger partial charge in [0.1, 0.15) is 11.4 Å². The number of piperidine rings is 1.